The van der Waals surface area contributed by atoms with E-state index in [0.717, 1.165) is 25.7 Å². The summed E-state index contributed by atoms with van der Waals surface area (Å²) in [5.74, 6) is 0. The minimum Gasteiger partial charge on any atom is -0.253 e. The standard InChI is InChI=1S/C20H26N2/c1-7-8-14-16-10-18(12(4)5)21-19(16)13(6)15-9-17(11(2)3)22-20(14)15/h7-10H2,1-6H3. The normalized spacial score (nSPS) is 15.4. The fourth-order valence-electron chi connectivity index (χ4n) is 3.49. The highest BCUT2D eigenvalue weighted by Crippen LogP contribution is 2.25. The number of benzene rings is 1. The minimum absolute atomic E-state index is 0.979. The number of nitrogens with zero attached hydrogens (tertiary/aromatic N) is 2. The summed E-state index contributed by atoms with van der Waals surface area (Å²) in [5.41, 5.74) is 10.8. The van der Waals surface area contributed by atoms with Gasteiger partial charge in [-0.2, -0.15) is 0 Å². The van der Waals surface area contributed by atoms with Crippen LogP contribution in [-0.2, 0) is 19.3 Å². The van der Waals surface area contributed by atoms with E-state index in [4.69, 9.17) is 9.98 Å². The SMILES string of the molecule is CCCc1c2c(c(C)c3c1=NC(=C(C)C)C3)=NC(=C(C)C)C2. The van der Waals surface area contributed by atoms with Gasteiger partial charge in [-0.25, -0.2) is 0 Å². The Balaban J connectivity index is 2.34. The van der Waals surface area contributed by atoms with Gasteiger partial charge in [0.05, 0.1) is 10.7 Å². The molecule has 0 fully saturated rings. The quantitative estimate of drug-likeness (QED) is 0.790. The van der Waals surface area contributed by atoms with Crippen LogP contribution in [-0.4, -0.2) is 0 Å². The number of fused-ring (bicyclic) bond motifs is 2. The molecular weight excluding hydrogens is 268 g/mol. The third kappa shape index (κ3) is 2.25. The lowest BCUT2D eigenvalue weighted by Crippen LogP contribution is -2.25. The van der Waals surface area contributed by atoms with Crippen LogP contribution in [0.4, 0.5) is 0 Å². The van der Waals surface area contributed by atoms with Gasteiger partial charge in [0.1, 0.15) is 0 Å². The van der Waals surface area contributed by atoms with E-state index in [2.05, 4.69) is 41.5 Å². The molecule has 0 saturated carbocycles. The van der Waals surface area contributed by atoms with Gasteiger partial charge in [0, 0.05) is 24.2 Å². The Kier molecular flexibility index (Phi) is 3.80. The highest BCUT2D eigenvalue weighted by molar-refractivity contribution is 5.47. The summed E-state index contributed by atoms with van der Waals surface area (Å²) in [4.78, 5) is 9.96. The Bertz CT molecular complexity index is 828. The monoisotopic (exact) mass is 294 g/mol. The van der Waals surface area contributed by atoms with Crippen LogP contribution >= 0.6 is 0 Å². The molecule has 2 aliphatic rings. The van der Waals surface area contributed by atoms with Crippen molar-refractivity contribution in [1.29, 1.82) is 0 Å². The van der Waals surface area contributed by atoms with E-state index in [0.29, 0.717) is 0 Å². The van der Waals surface area contributed by atoms with Crippen molar-refractivity contribution in [2.75, 3.05) is 0 Å². The number of hydrogen-bond acceptors (Lipinski definition) is 2. The average molecular weight is 294 g/mol. The van der Waals surface area contributed by atoms with Crippen LogP contribution in [0.3, 0.4) is 0 Å². The van der Waals surface area contributed by atoms with E-state index in [1.54, 1.807) is 0 Å². The number of rotatable bonds is 2. The average Bonchev–Trinajstić information content (AvgIpc) is 3.08. The first kappa shape index (κ1) is 15.2. The largest absolute Gasteiger partial charge is 0.253 e. The summed E-state index contributed by atoms with van der Waals surface area (Å²) in [6.45, 7) is 13.1. The van der Waals surface area contributed by atoms with Gasteiger partial charge in [0.15, 0.2) is 0 Å². The molecule has 2 aliphatic heterocycles. The van der Waals surface area contributed by atoms with Gasteiger partial charge in [0.25, 0.3) is 0 Å². The zero-order chi connectivity index (χ0) is 16.0. The first-order valence-electron chi connectivity index (χ1n) is 8.37. The van der Waals surface area contributed by atoms with Crippen LogP contribution in [0.15, 0.2) is 32.5 Å². The molecule has 116 valence electrons. The highest BCUT2D eigenvalue weighted by Gasteiger charge is 2.24. The molecule has 0 bridgehead atoms. The molecule has 0 aliphatic carbocycles. The predicted octanol–water partition coefficient (Wildman–Crippen LogP) is 3.89. The first-order valence-corrected chi connectivity index (χ1v) is 8.37. The molecule has 2 heteroatoms. The van der Waals surface area contributed by atoms with E-state index in [9.17, 15) is 0 Å². The van der Waals surface area contributed by atoms with Crippen LogP contribution < -0.4 is 10.7 Å². The molecule has 2 heterocycles. The fraction of sp³-hybridized carbons (Fsp3) is 0.500. The third-order valence-electron chi connectivity index (χ3n) is 4.87. The maximum Gasteiger partial charge on any atom is 0.0708 e. The van der Waals surface area contributed by atoms with Gasteiger partial charge < -0.3 is 0 Å². The molecule has 0 spiro atoms. The second-order valence-corrected chi connectivity index (χ2v) is 6.98. The first-order chi connectivity index (χ1) is 10.4. The van der Waals surface area contributed by atoms with Crippen molar-refractivity contribution in [3.05, 3.63) is 55.5 Å². The van der Waals surface area contributed by atoms with Crippen LogP contribution in [0.2, 0.25) is 0 Å². The topological polar surface area (TPSA) is 24.7 Å². The molecule has 2 nitrogen and oxygen atoms in total. The summed E-state index contributed by atoms with van der Waals surface area (Å²) in [6.07, 6.45) is 4.23. The molecule has 3 rings (SSSR count). The molecule has 1 aromatic rings. The lowest BCUT2D eigenvalue weighted by atomic mass is 9.92. The van der Waals surface area contributed by atoms with Crippen LogP contribution in [0, 0.1) is 6.92 Å². The van der Waals surface area contributed by atoms with Crippen molar-refractivity contribution in [3.63, 3.8) is 0 Å². The predicted molar refractivity (Wildman–Crippen MR) is 91.6 cm³/mol. The van der Waals surface area contributed by atoms with Crippen molar-refractivity contribution in [1.82, 2.24) is 0 Å². The Morgan fingerprint density at radius 1 is 0.864 bits per heavy atom. The number of hydrogen-bond donors (Lipinski definition) is 0. The number of allylic oxidation sites excluding steroid dienone is 4. The van der Waals surface area contributed by atoms with Crippen LogP contribution in [0.5, 0.6) is 0 Å². The van der Waals surface area contributed by atoms with Gasteiger partial charge in [-0.3, -0.25) is 9.98 Å². The molecule has 0 aromatic heterocycles. The van der Waals surface area contributed by atoms with Gasteiger partial charge in [-0.1, -0.05) is 24.5 Å². The summed E-state index contributed by atoms with van der Waals surface area (Å²) in [7, 11) is 0. The molecule has 0 N–H and O–H groups in total. The molecular formula is C20H26N2. The van der Waals surface area contributed by atoms with E-state index < -0.39 is 0 Å². The van der Waals surface area contributed by atoms with Gasteiger partial charge in [0.2, 0.25) is 0 Å². The Labute approximate surface area is 133 Å². The summed E-state index contributed by atoms with van der Waals surface area (Å²) in [5, 5.41) is 2.50. The zero-order valence-corrected chi connectivity index (χ0v) is 14.7. The van der Waals surface area contributed by atoms with Gasteiger partial charge in [-0.05, 0) is 63.3 Å². The van der Waals surface area contributed by atoms with Crippen LogP contribution in [0.1, 0.15) is 63.3 Å². The summed E-state index contributed by atoms with van der Waals surface area (Å²) < 4.78 is 0. The highest BCUT2D eigenvalue weighted by atomic mass is 14.8. The van der Waals surface area contributed by atoms with Gasteiger partial charge in [-0.15, -0.1) is 0 Å². The molecule has 0 radical (unpaired) electrons. The summed E-state index contributed by atoms with van der Waals surface area (Å²) >= 11 is 0. The molecule has 0 amide bonds. The van der Waals surface area contributed by atoms with Crippen molar-refractivity contribution < 1.29 is 0 Å². The van der Waals surface area contributed by atoms with Crippen molar-refractivity contribution in [2.24, 2.45) is 9.98 Å². The van der Waals surface area contributed by atoms with E-state index in [1.807, 2.05) is 0 Å². The van der Waals surface area contributed by atoms with Crippen LogP contribution in [0.25, 0.3) is 0 Å². The van der Waals surface area contributed by atoms with Crippen molar-refractivity contribution in [3.8, 4) is 0 Å². The van der Waals surface area contributed by atoms with E-state index in [-0.39, 0.29) is 0 Å². The Morgan fingerprint density at radius 3 is 1.95 bits per heavy atom. The molecule has 0 saturated heterocycles. The van der Waals surface area contributed by atoms with E-state index >= 15 is 0 Å². The third-order valence-corrected chi connectivity index (χ3v) is 4.87. The fourth-order valence-corrected chi connectivity index (χ4v) is 3.49. The van der Waals surface area contributed by atoms with E-state index in [1.165, 1.54) is 55.5 Å². The lowest BCUT2D eigenvalue weighted by Gasteiger charge is -2.09. The smallest absolute Gasteiger partial charge is 0.0708 e. The minimum atomic E-state index is 0.979. The molecule has 1 aromatic carbocycles. The van der Waals surface area contributed by atoms with Crippen molar-refractivity contribution >= 4 is 0 Å². The zero-order valence-electron chi connectivity index (χ0n) is 14.7. The second-order valence-electron chi connectivity index (χ2n) is 6.98. The maximum absolute atomic E-state index is 5.00. The lowest BCUT2D eigenvalue weighted by molar-refractivity contribution is 0.886. The molecule has 22 heavy (non-hydrogen) atoms. The molecule has 0 atom stereocenters. The Hall–Kier alpha value is -1.70. The van der Waals surface area contributed by atoms with Crippen molar-refractivity contribution in [2.45, 2.75) is 67.2 Å². The maximum atomic E-state index is 5.00. The second kappa shape index (κ2) is 5.49. The molecule has 0 unspecified atom stereocenters. The summed E-state index contributed by atoms with van der Waals surface area (Å²) in [6, 6.07) is 0. The Morgan fingerprint density at radius 2 is 1.41 bits per heavy atom. The van der Waals surface area contributed by atoms with Gasteiger partial charge >= 0.3 is 0 Å².